The van der Waals surface area contributed by atoms with E-state index in [1.165, 1.54) is 25.5 Å². The molecule has 4 heteroatoms. The summed E-state index contributed by atoms with van der Waals surface area (Å²) in [6.07, 6.45) is 8.14. The molecule has 17 heavy (non-hydrogen) atoms. The van der Waals surface area contributed by atoms with Gasteiger partial charge in [-0.05, 0) is 25.3 Å². The average Bonchev–Trinajstić information content (AvgIpc) is 2.24. The highest BCUT2D eigenvalue weighted by Gasteiger charge is 2.21. The third kappa shape index (κ3) is 2.96. The van der Waals surface area contributed by atoms with Crippen molar-refractivity contribution in [2.45, 2.75) is 38.7 Å². The minimum absolute atomic E-state index is 0.112. The van der Waals surface area contributed by atoms with Crippen molar-refractivity contribution in [1.29, 1.82) is 0 Å². The number of rotatable bonds is 5. The summed E-state index contributed by atoms with van der Waals surface area (Å²) in [4.78, 5) is 15.1. The lowest BCUT2D eigenvalue weighted by atomic mass is 9.82. The zero-order chi connectivity index (χ0) is 12.3. The van der Waals surface area contributed by atoms with Crippen LogP contribution in [0.25, 0.3) is 0 Å². The number of hydrogen-bond donors (Lipinski definition) is 1. The maximum Gasteiger partial charge on any atom is 0.254 e. The van der Waals surface area contributed by atoms with E-state index in [0.29, 0.717) is 11.3 Å². The van der Waals surface area contributed by atoms with Crippen LogP contribution in [0.1, 0.15) is 43.0 Å². The van der Waals surface area contributed by atoms with Crippen LogP contribution < -0.4 is 10.5 Å². The van der Waals surface area contributed by atoms with Gasteiger partial charge in [0, 0.05) is 12.4 Å². The number of carbonyl (C=O) groups excluding carboxylic acids is 1. The van der Waals surface area contributed by atoms with E-state index in [1.54, 1.807) is 12.3 Å². The van der Waals surface area contributed by atoms with Gasteiger partial charge in [0.1, 0.15) is 5.75 Å². The molecule has 1 amide bonds. The molecule has 0 aromatic carbocycles. The molecular formula is C13H18N2O2. The SMILES string of the molecule is C[C@@H](CC1CCC1)Oc1ccncc1C(N)=O. The average molecular weight is 234 g/mol. The summed E-state index contributed by atoms with van der Waals surface area (Å²) in [6.45, 7) is 2.03. The Kier molecular flexibility index (Phi) is 3.61. The fraction of sp³-hybridized carbons (Fsp3) is 0.538. The Labute approximate surface area is 101 Å². The summed E-state index contributed by atoms with van der Waals surface area (Å²) in [5.74, 6) is 0.826. The minimum Gasteiger partial charge on any atom is -0.490 e. The van der Waals surface area contributed by atoms with Gasteiger partial charge in [0.2, 0.25) is 0 Å². The number of nitrogens with two attached hydrogens (primary N) is 1. The second-order valence-electron chi connectivity index (χ2n) is 4.70. The Hall–Kier alpha value is -1.58. The van der Waals surface area contributed by atoms with Crippen molar-refractivity contribution in [3.05, 3.63) is 24.0 Å². The molecule has 0 saturated heterocycles. The molecule has 0 unspecified atom stereocenters. The first-order valence-corrected chi connectivity index (χ1v) is 6.07. The van der Waals surface area contributed by atoms with Gasteiger partial charge >= 0.3 is 0 Å². The van der Waals surface area contributed by atoms with Gasteiger partial charge in [0.15, 0.2) is 0 Å². The van der Waals surface area contributed by atoms with Crippen LogP contribution in [0.15, 0.2) is 18.5 Å². The summed E-state index contributed by atoms with van der Waals surface area (Å²) < 4.78 is 5.77. The lowest BCUT2D eigenvalue weighted by molar-refractivity contribution is 0.0989. The van der Waals surface area contributed by atoms with E-state index in [-0.39, 0.29) is 6.10 Å². The van der Waals surface area contributed by atoms with Crippen LogP contribution >= 0.6 is 0 Å². The lowest BCUT2D eigenvalue weighted by Crippen LogP contribution is -2.23. The smallest absolute Gasteiger partial charge is 0.254 e. The highest BCUT2D eigenvalue weighted by molar-refractivity contribution is 5.95. The quantitative estimate of drug-likeness (QED) is 0.848. The third-order valence-corrected chi connectivity index (χ3v) is 3.26. The molecule has 1 aromatic rings. The zero-order valence-corrected chi connectivity index (χ0v) is 10.1. The topological polar surface area (TPSA) is 65.2 Å². The van der Waals surface area contributed by atoms with E-state index in [9.17, 15) is 4.79 Å². The standard InChI is InChI=1S/C13H18N2O2/c1-9(7-10-3-2-4-10)17-12-5-6-15-8-11(12)13(14)16/h5-6,8-10H,2-4,7H2,1H3,(H2,14,16)/t9-/m0/s1. The van der Waals surface area contributed by atoms with Crippen LogP contribution in [0.5, 0.6) is 5.75 Å². The van der Waals surface area contributed by atoms with E-state index in [0.717, 1.165) is 12.3 Å². The second-order valence-corrected chi connectivity index (χ2v) is 4.70. The summed E-state index contributed by atoms with van der Waals surface area (Å²) in [7, 11) is 0. The number of carbonyl (C=O) groups is 1. The number of pyridine rings is 1. The van der Waals surface area contributed by atoms with Gasteiger partial charge in [-0.25, -0.2) is 0 Å². The number of nitrogens with zero attached hydrogens (tertiary/aromatic N) is 1. The van der Waals surface area contributed by atoms with Gasteiger partial charge in [0.05, 0.1) is 11.7 Å². The molecule has 1 fully saturated rings. The molecule has 2 N–H and O–H groups in total. The number of aromatic nitrogens is 1. The molecule has 0 spiro atoms. The molecular weight excluding hydrogens is 216 g/mol. The Morgan fingerprint density at radius 3 is 3.00 bits per heavy atom. The normalized spacial score (nSPS) is 17.2. The van der Waals surface area contributed by atoms with Gasteiger partial charge in [-0.1, -0.05) is 19.3 Å². The van der Waals surface area contributed by atoms with E-state index in [4.69, 9.17) is 10.5 Å². The maximum atomic E-state index is 11.2. The van der Waals surface area contributed by atoms with Crippen LogP contribution in [0.3, 0.4) is 0 Å². The Bertz CT molecular complexity index is 402. The highest BCUT2D eigenvalue weighted by atomic mass is 16.5. The van der Waals surface area contributed by atoms with Gasteiger partial charge < -0.3 is 10.5 Å². The fourth-order valence-corrected chi connectivity index (χ4v) is 2.13. The first-order valence-electron chi connectivity index (χ1n) is 6.07. The van der Waals surface area contributed by atoms with E-state index in [2.05, 4.69) is 4.98 Å². The lowest BCUT2D eigenvalue weighted by Gasteiger charge is -2.28. The van der Waals surface area contributed by atoms with Crippen LogP contribution in [-0.2, 0) is 0 Å². The first-order chi connectivity index (χ1) is 8.16. The van der Waals surface area contributed by atoms with Crippen molar-refractivity contribution in [1.82, 2.24) is 4.98 Å². The number of ether oxygens (including phenoxy) is 1. The number of hydrogen-bond acceptors (Lipinski definition) is 3. The van der Waals surface area contributed by atoms with Crippen molar-refractivity contribution in [2.24, 2.45) is 11.7 Å². The third-order valence-electron chi connectivity index (χ3n) is 3.26. The van der Waals surface area contributed by atoms with Crippen LogP contribution in [-0.4, -0.2) is 17.0 Å². The number of primary amides is 1. The molecule has 1 saturated carbocycles. The largest absolute Gasteiger partial charge is 0.490 e. The second kappa shape index (κ2) is 5.17. The van der Waals surface area contributed by atoms with Crippen LogP contribution in [0, 0.1) is 5.92 Å². The molecule has 0 radical (unpaired) electrons. The molecule has 1 heterocycles. The summed E-state index contributed by atoms with van der Waals surface area (Å²) >= 11 is 0. The molecule has 1 atom stereocenters. The molecule has 4 nitrogen and oxygen atoms in total. The fourth-order valence-electron chi connectivity index (χ4n) is 2.13. The predicted molar refractivity (Wildman–Crippen MR) is 64.8 cm³/mol. The predicted octanol–water partition coefficient (Wildman–Crippen LogP) is 2.14. The summed E-state index contributed by atoms with van der Waals surface area (Å²) in [6, 6.07) is 1.69. The van der Waals surface area contributed by atoms with E-state index >= 15 is 0 Å². The number of amides is 1. The van der Waals surface area contributed by atoms with Gasteiger partial charge in [0.25, 0.3) is 5.91 Å². The molecule has 0 aliphatic heterocycles. The summed E-state index contributed by atoms with van der Waals surface area (Å²) in [5.41, 5.74) is 5.62. The van der Waals surface area contributed by atoms with Crippen LogP contribution in [0.2, 0.25) is 0 Å². The zero-order valence-electron chi connectivity index (χ0n) is 10.1. The molecule has 0 bridgehead atoms. The monoisotopic (exact) mass is 234 g/mol. The molecule has 2 rings (SSSR count). The first kappa shape index (κ1) is 11.9. The maximum absolute atomic E-state index is 11.2. The minimum atomic E-state index is -0.496. The Balaban J connectivity index is 1.99. The molecule has 92 valence electrons. The Morgan fingerprint density at radius 2 is 2.41 bits per heavy atom. The molecule has 1 aliphatic rings. The highest BCUT2D eigenvalue weighted by Crippen LogP contribution is 2.31. The Morgan fingerprint density at radius 1 is 1.65 bits per heavy atom. The van der Waals surface area contributed by atoms with Crippen LogP contribution in [0.4, 0.5) is 0 Å². The molecule has 1 aromatic heterocycles. The van der Waals surface area contributed by atoms with Crippen molar-refractivity contribution in [2.75, 3.05) is 0 Å². The summed E-state index contributed by atoms with van der Waals surface area (Å²) in [5, 5.41) is 0. The van der Waals surface area contributed by atoms with Gasteiger partial charge in [-0.15, -0.1) is 0 Å². The van der Waals surface area contributed by atoms with Crippen molar-refractivity contribution >= 4 is 5.91 Å². The molecule has 1 aliphatic carbocycles. The van der Waals surface area contributed by atoms with E-state index < -0.39 is 5.91 Å². The van der Waals surface area contributed by atoms with E-state index in [1.807, 2.05) is 6.92 Å². The van der Waals surface area contributed by atoms with Crippen molar-refractivity contribution < 1.29 is 9.53 Å². The van der Waals surface area contributed by atoms with Crippen molar-refractivity contribution in [3.63, 3.8) is 0 Å². The van der Waals surface area contributed by atoms with Gasteiger partial charge in [-0.2, -0.15) is 0 Å². The van der Waals surface area contributed by atoms with Gasteiger partial charge in [-0.3, -0.25) is 9.78 Å². The van der Waals surface area contributed by atoms with Crippen molar-refractivity contribution in [3.8, 4) is 5.75 Å².